The minimum Gasteiger partial charge on any atom is -0.308 e. The van der Waals surface area contributed by atoms with E-state index < -0.39 is 34.6 Å². The van der Waals surface area contributed by atoms with Crippen LogP contribution in [0.15, 0.2) is 146 Å². The first-order chi connectivity index (χ1) is 29.7. The normalized spacial score (nSPS) is 11.3. The number of rotatable bonds is 5. The van der Waals surface area contributed by atoms with Crippen LogP contribution in [0.5, 0.6) is 0 Å². The summed E-state index contributed by atoms with van der Waals surface area (Å²) >= 11 is 0. The molecule has 0 aliphatic carbocycles. The lowest BCUT2D eigenvalue weighted by Gasteiger charge is -2.19. The number of nitriles is 2. The molecule has 0 fully saturated rings. The minimum absolute atomic E-state index is 0.0210. The molecular formula is C51H24F5N5. The molecule has 0 aliphatic heterocycles. The van der Waals surface area contributed by atoms with E-state index in [-0.39, 0.29) is 22.5 Å². The van der Waals surface area contributed by atoms with E-state index in [1.54, 1.807) is 51.6 Å². The van der Waals surface area contributed by atoms with Crippen LogP contribution in [0.25, 0.3) is 93.2 Å². The number of halogens is 5. The Labute approximate surface area is 344 Å². The van der Waals surface area contributed by atoms with E-state index in [0.717, 1.165) is 21.5 Å². The Hall–Kier alpha value is -8.52. The Bertz CT molecular complexity index is 3430. The number of nitrogens with zero attached hydrogens (tertiary/aromatic N) is 5. The van der Waals surface area contributed by atoms with Crippen molar-refractivity contribution < 1.29 is 22.0 Å². The molecule has 2 heterocycles. The van der Waals surface area contributed by atoms with E-state index in [4.69, 9.17) is 6.57 Å². The molecule has 0 saturated carbocycles. The van der Waals surface area contributed by atoms with E-state index in [1.807, 2.05) is 91.0 Å². The van der Waals surface area contributed by atoms with Crippen molar-refractivity contribution in [2.75, 3.05) is 0 Å². The minimum atomic E-state index is -2.30. The van der Waals surface area contributed by atoms with Gasteiger partial charge in [-0.05, 0) is 70.3 Å². The Kier molecular flexibility index (Phi) is 8.50. The lowest BCUT2D eigenvalue weighted by atomic mass is 9.98. The Morgan fingerprint density at radius 1 is 0.443 bits per heavy atom. The summed E-state index contributed by atoms with van der Waals surface area (Å²) in [5.41, 5.74) is 4.37. The molecule has 0 aliphatic rings. The Morgan fingerprint density at radius 3 is 1.44 bits per heavy atom. The van der Waals surface area contributed by atoms with Gasteiger partial charge < -0.3 is 9.13 Å². The lowest BCUT2D eigenvalue weighted by molar-refractivity contribution is 0.381. The predicted octanol–water partition coefficient (Wildman–Crippen LogP) is 13.9. The summed E-state index contributed by atoms with van der Waals surface area (Å²) in [4.78, 5) is 3.71. The van der Waals surface area contributed by atoms with Gasteiger partial charge in [-0.25, -0.2) is 26.8 Å². The van der Waals surface area contributed by atoms with Gasteiger partial charge in [0, 0.05) is 21.5 Å². The van der Waals surface area contributed by atoms with Gasteiger partial charge in [-0.15, -0.1) is 0 Å². The average Bonchev–Trinajstić information content (AvgIpc) is 3.81. The molecule has 10 rings (SSSR count). The standard InChI is InChI=1S/C51H24F5N5/c1-59-39-15-7-4-12-33(39)29-19-21-37-35-14-6-9-17-41(35)61(43(37)23-29)45-25-31(46-47(52)49(54)51(56)50(55)48(46)53)24-44(38(45)27-58)60-40-16-8-5-13-34(40)36-20-18-28(22-42(36)60)32-11-3-2-10-30(32)26-57/h2-25H. The molecule has 0 bridgehead atoms. The maximum Gasteiger partial charge on any atom is 0.200 e. The molecular weight excluding hydrogens is 778 g/mol. The molecule has 0 N–H and O–H groups in total. The summed E-state index contributed by atoms with van der Waals surface area (Å²) in [5, 5.41) is 24.3. The second kappa shape index (κ2) is 14.1. The first kappa shape index (κ1) is 36.8. The zero-order chi connectivity index (χ0) is 42.1. The third kappa shape index (κ3) is 5.49. The smallest absolute Gasteiger partial charge is 0.200 e. The number of hydrogen-bond donors (Lipinski definition) is 0. The summed E-state index contributed by atoms with van der Waals surface area (Å²) in [5.74, 6) is -10.6. The molecule has 8 aromatic carbocycles. The van der Waals surface area contributed by atoms with Gasteiger partial charge >= 0.3 is 0 Å². The van der Waals surface area contributed by atoms with Crippen molar-refractivity contribution in [3.8, 4) is 56.9 Å². The van der Waals surface area contributed by atoms with Crippen LogP contribution in [-0.4, -0.2) is 9.13 Å². The van der Waals surface area contributed by atoms with E-state index in [9.17, 15) is 14.9 Å². The van der Waals surface area contributed by atoms with Crippen LogP contribution in [0.3, 0.4) is 0 Å². The Balaban J connectivity index is 1.38. The first-order valence-electron chi connectivity index (χ1n) is 18.9. The number of benzene rings is 8. The molecule has 288 valence electrons. The van der Waals surface area contributed by atoms with Crippen molar-refractivity contribution in [3.05, 3.63) is 197 Å². The lowest BCUT2D eigenvalue weighted by Crippen LogP contribution is -2.08. The highest BCUT2D eigenvalue weighted by Crippen LogP contribution is 2.44. The van der Waals surface area contributed by atoms with Crippen molar-refractivity contribution in [2.45, 2.75) is 0 Å². The molecule has 0 spiro atoms. The molecule has 0 radical (unpaired) electrons. The van der Waals surface area contributed by atoms with Crippen molar-refractivity contribution >= 4 is 49.3 Å². The van der Waals surface area contributed by atoms with Gasteiger partial charge in [-0.2, -0.15) is 10.5 Å². The second-order valence-electron chi connectivity index (χ2n) is 14.4. The SMILES string of the molecule is [C-]#[N+]c1ccccc1-c1ccc2c3ccccc3n(-c3cc(-c4c(F)c(F)c(F)c(F)c4F)cc(-n4c5ccccc5c5ccc(-c6ccccc6C#N)cc54)c3C#N)c2c1. The van der Waals surface area contributed by atoms with E-state index in [1.165, 1.54) is 12.1 Å². The zero-order valence-electron chi connectivity index (χ0n) is 31.5. The highest BCUT2D eigenvalue weighted by Gasteiger charge is 2.30. The average molecular weight is 802 g/mol. The summed E-state index contributed by atoms with van der Waals surface area (Å²) in [6.07, 6.45) is 0. The molecule has 0 unspecified atom stereocenters. The molecule has 2 aromatic heterocycles. The van der Waals surface area contributed by atoms with Gasteiger partial charge in [0.05, 0.1) is 57.2 Å². The fraction of sp³-hybridized carbons (Fsp3) is 0. The molecule has 0 saturated heterocycles. The summed E-state index contributed by atoms with van der Waals surface area (Å²) in [6, 6.07) is 47.2. The summed E-state index contributed by atoms with van der Waals surface area (Å²) < 4.78 is 80.2. The number of aromatic nitrogens is 2. The maximum absolute atomic E-state index is 16.0. The fourth-order valence-corrected chi connectivity index (χ4v) is 8.52. The zero-order valence-corrected chi connectivity index (χ0v) is 31.5. The van der Waals surface area contributed by atoms with Crippen molar-refractivity contribution in [1.29, 1.82) is 10.5 Å². The van der Waals surface area contributed by atoms with Crippen molar-refractivity contribution in [3.63, 3.8) is 0 Å². The molecule has 61 heavy (non-hydrogen) atoms. The summed E-state index contributed by atoms with van der Waals surface area (Å²) in [6.45, 7) is 7.82. The topological polar surface area (TPSA) is 61.8 Å². The quantitative estimate of drug-likeness (QED) is 0.0753. The predicted molar refractivity (Wildman–Crippen MR) is 227 cm³/mol. The van der Waals surface area contributed by atoms with E-state index in [0.29, 0.717) is 55.6 Å². The largest absolute Gasteiger partial charge is 0.308 e. The third-order valence-electron chi connectivity index (χ3n) is 11.2. The molecule has 0 amide bonds. The van der Waals surface area contributed by atoms with Gasteiger partial charge in [0.25, 0.3) is 0 Å². The van der Waals surface area contributed by atoms with Gasteiger partial charge in [0.2, 0.25) is 5.82 Å². The van der Waals surface area contributed by atoms with Crippen LogP contribution in [0.4, 0.5) is 27.6 Å². The van der Waals surface area contributed by atoms with E-state index in [2.05, 4.69) is 17.0 Å². The van der Waals surface area contributed by atoms with Gasteiger partial charge in [0.1, 0.15) is 11.6 Å². The second-order valence-corrected chi connectivity index (χ2v) is 14.4. The van der Waals surface area contributed by atoms with Gasteiger partial charge in [-0.1, -0.05) is 103 Å². The highest BCUT2D eigenvalue weighted by molar-refractivity contribution is 6.12. The monoisotopic (exact) mass is 801 g/mol. The van der Waals surface area contributed by atoms with Crippen LogP contribution in [-0.2, 0) is 0 Å². The Morgan fingerprint density at radius 2 is 0.902 bits per heavy atom. The first-order valence-corrected chi connectivity index (χ1v) is 18.9. The molecule has 5 nitrogen and oxygen atoms in total. The van der Waals surface area contributed by atoms with Crippen LogP contribution in [0.2, 0.25) is 0 Å². The third-order valence-corrected chi connectivity index (χ3v) is 11.2. The van der Waals surface area contributed by atoms with Gasteiger partial charge in [-0.3, -0.25) is 0 Å². The van der Waals surface area contributed by atoms with Crippen LogP contribution < -0.4 is 0 Å². The van der Waals surface area contributed by atoms with E-state index >= 15 is 17.6 Å². The number of para-hydroxylation sites is 3. The van der Waals surface area contributed by atoms with Gasteiger partial charge in [0.15, 0.2) is 29.0 Å². The number of fused-ring (bicyclic) bond motifs is 6. The summed E-state index contributed by atoms with van der Waals surface area (Å²) in [7, 11) is 0. The molecule has 10 heteroatoms. The van der Waals surface area contributed by atoms with Crippen LogP contribution in [0.1, 0.15) is 11.1 Å². The highest BCUT2D eigenvalue weighted by atomic mass is 19.2. The molecule has 0 atom stereocenters. The molecule has 10 aromatic rings. The maximum atomic E-state index is 16.0. The van der Waals surface area contributed by atoms with Crippen LogP contribution in [0, 0.1) is 58.3 Å². The fourth-order valence-electron chi connectivity index (χ4n) is 8.52. The van der Waals surface area contributed by atoms with Crippen molar-refractivity contribution in [2.24, 2.45) is 0 Å². The van der Waals surface area contributed by atoms with Crippen LogP contribution >= 0.6 is 0 Å². The van der Waals surface area contributed by atoms with Crippen molar-refractivity contribution in [1.82, 2.24) is 9.13 Å². The number of hydrogen-bond acceptors (Lipinski definition) is 2.